The predicted octanol–water partition coefficient (Wildman–Crippen LogP) is 4.75. The Bertz CT molecular complexity index is 722. The number of amides is 1. The van der Waals surface area contributed by atoms with E-state index in [1.54, 1.807) is 33.8 Å². The Morgan fingerprint density at radius 3 is 2.28 bits per heavy atom. The molecule has 0 spiro atoms. The Morgan fingerprint density at radius 2 is 1.84 bits per heavy atom. The summed E-state index contributed by atoms with van der Waals surface area (Å²) in [5.41, 5.74) is -1.17. The lowest BCUT2D eigenvalue weighted by Gasteiger charge is -2.63. The second kappa shape index (κ2) is 6.10. The van der Waals surface area contributed by atoms with Crippen molar-refractivity contribution < 1.29 is 22.7 Å². The van der Waals surface area contributed by atoms with E-state index in [2.05, 4.69) is 10.2 Å². The van der Waals surface area contributed by atoms with Crippen LogP contribution in [0.25, 0.3) is 4.85 Å². The van der Waals surface area contributed by atoms with Crippen molar-refractivity contribution >= 4 is 23.2 Å². The van der Waals surface area contributed by atoms with Gasteiger partial charge >= 0.3 is 12.1 Å². The third kappa shape index (κ3) is 3.40. The highest BCUT2D eigenvalue weighted by atomic mass is 35.5. The molecule has 0 saturated heterocycles. The summed E-state index contributed by atoms with van der Waals surface area (Å²) < 4.78 is 43.6. The molecule has 8 heteroatoms. The average Bonchev–Trinajstić information content (AvgIpc) is 2.48. The van der Waals surface area contributed by atoms with Gasteiger partial charge in [0.2, 0.25) is 5.69 Å². The third-order valence-corrected chi connectivity index (χ3v) is 4.97. The highest BCUT2D eigenvalue weighted by Gasteiger charge is 2.65. The van der Waals surface area contributed by atoms with Crippen LogP contribution in [-0.2, 0) is 4.79 Å². The SMILES string of the molecule is [C-]#[N+]c1ccc(OC2C(C)(C)C(NC(=O)C(F)(F)F)C2(C)C)cc1Cl. The van der Waals surface area contributed by atoms with Crippen LogP contribution in [0.4, 0.5) is 18.9 Å². The second-order valence-electron chi connectivity index (χ2n) is 7.27. The number of nitrogens with zero attached hydrogens (tertiary/aromatic N) is 1. The van der Waals surface area contributed by atoms with Crippen LogP contribution in [0.3, 0.4) is 0 Å². The first-order valence-corrected chi connectivity index (χ1v) is 7.91. The van der Waals surface area contributed by atoms with Crippen molar-refractivity contribution in [3.05, 3.63) is 34.6 Å². The van der Waals surface area contributed by atoms with Crippen LogP contribution in [0.15, 0.2) is 18.2 Å². The number of nitrogens with one attached hydrogen (secondary N) is 1. The fourth-order valence-corrected chi connectivity index (χ4v) is 4.01. The molecule has 0 atom stereocenters. The lowest BCUT2D eigenvalue weighted by Crippen LogP contribution is -2.75. The van der Waals surface area contributed by atoms with Gasteiger partial charge in [-0.15, -0.1) is 0 Å². The zero-order valence-electron chi connectivity index (χ0n) is 14.2. The molecule has 0 heterocycles. The molecule has 0 radical (unpaired) electrons. The Labute approximate surface area is 149 Å². The highest BCUT2D eigenvalue weighted by molar-refractivity contribution is 6.33. The number of halogens is 4. The molecule has 0 aliphatic heterocycles. The van der Waals surface area contributed by atoms with Crippen molar-refractivity contribution in [3.63, 3.8) is 0 Å². The molecule has 25 heavy (non-hydrogen) atoms. The lowest BCUT2D eigenvalue weighted by atomic mass is 9.49. The van der Waals surface area contributed by atoms with Gasteiger partial charge in [0.15, 0.2) is 0 Å². The molecule has 1 aliphatic carbocycles. The van der Waals surface area contributed by atoms with Crippen LogP contribution in [-0.4, -0.2) is 24.2 Å². The maximum Gasteiger partial charge on any atom is 0.471 e. The molecule has 1 aromatic rings. The number of ether oxygens (including phenoxy) is 1. The topological polar surface area (TPSA) is 42.7 Å². The molecule has 0 bridgehead atoms. The van der Waals surface area contributed by atoms with E-state index in [1.807, 2.05) is 0 Å². The summed E-state index contributed by atoms with van der Waals surface area (Å²) in [7, 11) is 0. The molecule has 1 fully saturated rings. The first-order chi connectivity index (χ1) is 11.3. The molecule has 1 N–H and O–H groups in total. The van der Waals surface area contributed by atoms with Gasteiger partial charge in [-0.25, -0.2) is 4.85 Å². The van der Waals surface area contributed by atoms with Gasteiger partial charge < -0.3 is 10.1 Å². The summed E-state index contributed by atoms with van der Waals surface area (Å²) in [5, 5.41) is 2.31. The van der Waals surface area contributed by atoms with E-state index >= 15 is 0 Å². The molecule has 1 aliphatic rings. The zero-order valence-corrected chi connectivity index (χ0v) is 14.9. The number of alkyl halides is 3. The Kier molecular flexibility index (Phi) is 4.73. The number of carbonyl (C=O) groups excluding carboxylic acids is 1. The van der Waals surface area contributed by atoms with Gasteiger partial charge in [0, 0.05) is 16.9 Å². The smallest absolute Gasteiger partial charge is 0.471 e. The third-order valence-electron chi connectivity index (χ3n) is 4.67. The van der Waals surface area contributed by atoms with Crippen molar-refractivity contribution in [3.8, 4) is 5.75 Å². The Hall–Kier alpha value is -1.94. The van der Waals surface area contributed by atoms with Crippen LogP contribution in [0.2, 0.25) is 5.02 Å². The largest absolute Gasteiger partial charge is 0.489 e. The number of hydrogen-bond acceptors (Lipinski definition) is 2. The summed E-state index contributed by atoms with van der Waals surface area (Å²) in [6.07, 6.45) is -5.38. The van der Waals surface area contributed by atoms with E-state index in [0.29, 0.717) is 5.75 Å². The predicted molar refractivity (Wildman–Crippen MR) is 87.7 cm³/mol. The first kappa shape index (κ1) is 19.4. The summed E-state index contributed by atoms with van der Waals surface area (Å²) in [6, 6.07) is 3.90. The number of rotatable bonds is 3. The van der Waals surface area contributed by atoms with Crippen molar-refractivity contribution in [1.29, 1.82) is 0 Å². The Balaban J connectivity index is 2.20. The highest BCUT2D eigenvalue weighted by Crippen LogP contribution is 2.55. The molecular weight excluding hydrogens is 357 g/mol. The summed E-state index contributed by atoms with van der Waals surface area (Å²) in [5.74, 6) is -1.54. The van der Waals surface area contributed by atoms with E-state index in [9.17, 15) is 18.0 Å². The maximum atomic E-state index is 12.6. The summed E-state index contributed by atoms with van der Waals surface area (Å²) >= 11 is 5.99. The molecule has 0 unspecified atom stereocenters. The summed E-state index contributed by atoms with van der Waals surface area (Å²) in [6.45, 7) is 13.9. The van der Waals surface area contributed by atoms with Crippen molar-refractivity contribution in [2.24, 2.45) is 10.8 Å². The molecule has 1 aromatic carbocycles. The van der Waals surface area contributed by atoms with Crippen LogP contribution in [0.5, 0.6) is 5.75 Å². The number of carbonyl (C=O) groups is 1. The molecule has 0 aromatic heterocycles. The fourth-order valence-electron chi connectivity index (χ4n) is 3.80. The van der Waals surface area contributed by atoms with Crippen LogP contribution < -0.4 is 10.1 Å². The van der Waals surface area contributed by atoms with E-state index in [0.717, 1.165) is 0 Å². The lowest BCUT2D eigenvalue weighted by molar-refractivity contribution is -0.195. The van der Waals surface area contributed by atoms with Gasteiger partial charge in [0.25, 0.3) is 0 Å². The standard InChI is InChI=1S/C17H18ClF3N2O2/c1-15(2)12(23-14(24)17(19,20)21)16(3,4)13(15)25-9-6-7-11(22-5)10(18)8-9/h6-8,12-13H,1-4H3,(H,23,24). The minimum Gasteiger partial charge on any atom is -0.489 e. The van der Waals surface area contributed by atoms with Gasteiger partial charge in [-0.2, -0.15) is 13.2 Å². The maximum absolute atomic E-state index is 12.6. The zero-order chi connectivity index (χ0) is 19.2. The molecule has 1 amide bonds. The van der Waals surface area contributed by atoms with Gasteiger partial charge in [-0.1, -0.05) is 45.4 Å². The molecule has 2 rings (SSSR count). The molecular formula is C17H18ClF3N2O2. The van der Waals surface area contributed by atoms with Crippen molar-refractivity contribution in [1.82, 2.24) is 5.32 Å². The molecule has 136 valence electrons. The number of benzene rings is 1. The van der Waals surface area contributed by atoms with Gasteiger partial charge in [-0.05, 0) is 12.1 Å². The normalized spacial score (nSPS) is 24.0. The first-order valence-electron chi connectivity index (χ1n) is 7.53. The van der Waals surface area contributed by atoms with Crippen LogP contribution in [0, 0.1) is 17.4 Å². The van der Waals surface area contributed by atoms with Crippen LogP contribution in [0.1, 0.15) is 27.7 Å². The van der Waals surface area contributed by atoms with Crippen molar-refractivity contribution in [2.45, 2.75) is 46.0 Å². The van der Waals surface area contributed by atoms with Gasteiger partial charge in [0.05, 0.1) is 11.6 Å². The second-order valence-corrected chi connectivity index (χ2v) is 7.68. The van der Waals surface area contributed by atoms with Crippen LogP contribution >= 0.6 is 11.6 Å². The van der Waals surface area contributed by atoms with Gasteiger partial charge in [0.1, 0.15) is 11.9 Å². The van der Waals surface area contributed by atoms with E-state index in [4.69, 9.17) is 22.9 Å². The minimum absolute atomic E-state index is 0.240. The quantitative estimate of drug-likeness (QED) is 0.776. The van der Waals surface area contributed by atoms with Gasteiger partial charge in [-0.3, -0.25) is 4.79 Å². The van der Waals surface area contributed by atoms with E-state index in [1.165, 1.54) is 12.1 Å². The average molecular weight is 375 g/mol. The van der Waals surface area contributed by atoms with E-state index in [-0.39, 0.29) is 10.7 Å². The Morgan fingerprint density at radius 1 is 1.28 bits per heavy atom. The monoisotopic (exact) mass is 374 g/mol. The minimum atomic E-state index is -4.93. The number of hydrogen-bond donors (Lipinski definition) is 1. The fraction of sp³-hybridized carbons (Fsp3) is 0.529. The van der Waals surface area contributed by atoms with E-state index < -0.39 is 35.1 Å². The van der Waals surface area contributed by atoms with Crippen molar-refractivity contribution in [2.75, 3.05) is 0 Å². The molecule has 1 saturated carbocycles. The molecule has 4 nitrogen and oxygen atoms in total. The summed E-state index contributed by atoms with van der Waals surface area (Å²) in [4.78, 5) is 14.6.